The molecule has 1 N–H and O–H groups in total. The minimum atomic E-state index is -0.791. The number of fused-ring (bicyclic) bond motifs is 1. The van der Waals surface area contributed by atoms with Gasteiger partial charge in [-0.3, -0.25) is 4.79 Å². The Morgan fingerprint density at radius 3 is 2.61 bits per heavy atom. The number of rotatable bonds is 8. The highest BCUT2D eigenvalue weighted by Gasteiger charge is 2.52. The zero-order valence-corrected chi connectivity index (χ0v) is 20.2. The van der Waals surface area contributed by atoms with E-state index < -0.39 is 11.4 Å². The van der Waals surface area contributed by atoms with E-state index in [9.17, 15) is 9.90 Å². The second-order valence-electron chi connectivity index (χ2n) is 9.63. The van der Waals surface area contributed by atoms with E-state index in [1.165, 1.54) is 11.1 Å². The van der Waals surface area contributed by atoms with Crippen molar-refractivity contribution in [1.29, 1.82) is 0 Å². The monoisotopic (exact) mass is 447 g/mol. The summed E-state index contributed by atoms with van der Waals surface area (Å²) in [6.45, 7) is 10.4. The van der Waals surface area contributed by atoms with Crippen molar-refractivity contribution in [3.63, 3.8) is 0 Å². The zero-order valence-electron chi connectivity index (χ0n) is 20.2. The summed E-state index contributed by atoms with van der Waals surface area (Å²) in [6, 6.07) is 14.2. The number of oxazole rings is 1. The van der Waals surface area contributed by atoms with Crippen molar-refractivity contribution < 1.29 is 19.1 Å². The summed E-state index contributed by atoms with van der Waals surface area (Å²) >= 11 is 0. The number of carboxylic acid groups (broad SMARTS) is 1. The summed E-state index contributed by atoms with van der Waals surface area (Å²) in [5.74, 6) is 1.53. The smallest absolute Gasteiger partial charge is 0.310 e. The average Bonchev–Trinajstić information content (AvgIpc) is 3.34. The molecule has 3 aromatic rings. The van der Waals surface area contributed by atoms with Gasteiger partial charge in [-0.1, -0.05) is 37.6 Å². The average molecular weight is 448 g/mol. The molecule has 0 fully saturated rings. The van der Waals surface area contributed by atoms with Crippen molar-refractivity contribution in [2.75, 3.05) is 6.61 Å². The molecule has 0 saturated carbocycles. The first-order valence-electron chi connectivity index (χ1n) is 11.7. The first-order valence-corrected chi connectivity index (χ1v) is 11.7. The van der Waals surface area contributed by atoms with Gasteiger partial charge in [-0.2, -0.15) is 0 Å². The molecule has 5 heteroatoms. The first-order chi connectivity index (χ1) is 15.7. The van der Waals surface area contributed by atoms with Gasteiger partial charge in [0.1, 0.15) is 11.5 Å². The van der Waals surface area contributed by atoms with Gasteiger partial charge >= 0.3 is 5.97 Å². The van der Waals surface area contributed by atoms with Crippen LogP contribution in [0.15, 0.2) is 46.9 Å². The summed E-state index contributed by atoms with van der Waals surface area (Å²) < 4.78 is 11.9. The molecule has 5 nitrogen and oxygen atoms in total. The third-order valence-corrected chi connectivity index (χ3v) is 7.76. The maximum Gasteiger partial charge on any atom is 0.310 e. The fourth-order valence-electron chi connectivity index (χ4n) is 5.02. The van der Waals surface area contributed by atoms with E-state index in [2.05, 4.69) is 43.1 Å². The number of aliphatic carboxylic acids is 1. The van der Waals surface area contributed by atoms with Crippen LogP contribution in [0, 0.1) is 19.3 Å². The van der Waals surface area contributed by atoms with Crippen molar-refractivity contribution in [3.8, 4) is 17.2 Å². The molecule has 1 aliphatic carbocycles. The van der Waals surface area contributed by atoms with Crippen LogP contribution in [0.5, 0.6) is 5.75 Å². The second kappa shape index (κ2) is 8.69. The summed E-state index contributed by atoms with van der Waals surface area (Å²) in [6.07, 6.45) is 2.96. The molecule has 1 aliphatic rings. The van der Waals surface area contributed by atoms with E-state index in [1.807, 2.05) is 39.0 Å². The minimum Gasteiger partial charge on any atom is -0.493 e. The number of carbonyl (C=O) groups is 1. The van der Waals surface area contributed by atoms with Crippen LogP contribution in [-0.2, 0) is 23.1 Å². The van der Waals surface area contributed by atoms with Gasteiger partial charge in [0.05, 0.1) is 17.7 Å². The third kappa shape index (κ3) is 4.05. The SMILES string of the molecule is CC[C@@](C)(C(=O)O)[C@@]1(C)CCc2cc(OCCc3nc(-c4ccc(C)cc4)oc3C)ccc21. The molecule has 2 atom stereocenters. The summed E-state index contributed by atoms with van der Waals surface area (Å²) in [7, 11) is 0. The predicted molar refractivity (Wildman–Crippen MR) is 129 cm³/mol. The van der Waals surface area contributed by atoms with Crippen molar-refractivity contribution in [1.82, 2.24) is 4.98 Å². The molecule has 0 saturated heterocycles. The Labute approximate surface area is 195 Å². The van der Waals surface area contributed by atoms with Gasteiger partial charge in [0.2, 0.25) is 5.89 Å². The molecule has 1 aromatic heterocycles. The van der Waals surface area contributed by atoms with Crippen molar-refractivity contribution in [2.45, 2.75) is 65.7 Å². The highest BCUT2D eigenvalue weighted by Crippen LogP contribution is 2.52. The lowest BCUT2D eigenvalue weighted by Gasteiger charge is -2.41. The highest BCUT2D eigenvalue weighted by atomic mass is 16.5. The lowest BCUT2D eigenvalue weighted by atomic mass is 9.61. The Balaban J connectivity index is 1.44. The highest BCUT2D eigenvalue weighted by molar-refractivity contribution is 5.77. The molecule has 0 unspecified atom stereocenters. The first kappa shape index (κ1) is 23.1. The standard InChI is InChI=1S/C28H33NO4/c1-6-27(4,26(30)31)28(5)15-13-21-17-22(11-12-23(21)28)32-16-14-24-19(3)33-25(29-24)20-9-7-18(2)8-10-20/h7-12,17H,6,13-16H2,1-5H3,(H,30,31)/t27-,28-/m0/s1. The number of hydrogen-bond donors (Lipinski definition) is 1. The molecule has 0 radical (unpaired) electrons. The second-order valence-corrected chi connectivity index (χ2v) is 9.63. The predicted octanol–water partition coefficient (Wildman–Crippen LogP) is 6.28. The summed E-state index contributed by atoms with van der Waals surface area (Å²) in [4.78, 5) is 16.8. The summed E-state index contributed by atoms with van der Waals surface area (Å²) in [5, 5.41) is 9.93. The zero-order chi connectivity index (χ0) is 23.8. The van der Waals surface area contributed by atoms with Crippen LogP contribution in [0.25, 0.3) is 11.5 Å². The van der Waals surface area contributed by atoms with Crippen LogP contribution in [0.3, 0.4) is 0 Å². The van der Waals surface area contributed by atoms with E-state index in [-0.39, 0.29) is 5.41 Å². The maximum absolute atomic E-state index is 12.1. The fourth-order valence-corrected chi connectivity index (χ4v) is 5.02. The Bertz CT molecular complexity index is 1160. The van der Waals surface area contributed by atoms with Gasteiger partial charge in [0, 0.05) is 17.4 Å². The molecule has 0 amide bonds. The Kier molecular flexibility index (Phi) is 6.08. The molecule has 33 heavy (non-hydrogen) atoms. The molecule has 174 valence electrons. The molecule has 2 aromatic carbocycles. The Hall–Kier alpha value is -3.08. The quantitative estimate of drug-likeness (QED) is 0.440. The Morgan fingerprint density at radius 2 is 1.94 bits per heavy atom. The van der Waals surface area contributed by atoms with Gasteiger partial charge in [-0.25, -0.2) is 4.98 Å². The van der Waals surface area contributed by atoms with Gasteiger partial charge in [0.25, 0.3) is 0 Å². The van der Waals surface area contributed by atoms with Crippen LogP contribution in [0.1, 0.15) is 61.8 Å². The number of ether oxygens (including phenoxy) is 1. The van der Waals surface area contributed by atoms with Crippen LogP contribution < -0.4 is 4.74 Å². The number of carboxylic acids is 1. The van der Waals surface area contributed by atoms with Crippen molar-refractivity contribution in [3.05, 3.63) is 70.6 Å². The van der Waals surface area contributed by atoms with Crippen molar-refractivity contribution in [2.24, 2.45) is 5.41 Å². The molecule has 0 bridgehead atoms. The van der Waals surface area contributed by atoms with E-state index in [1.54, 1.807) is 0 Å². The molecular formula is C28H33NO4. The normalized spacial score (nSPS) is 19.2. The largest absolute Gasteiger partial charge is 0.493 e. The molecule has 4 rings (SSSR count). The summed E-state index contributed by atoms with van der Waals surface area (Å²) in [5.41, 5.74) is 4.23. The third-order valence-electron chi connectivity index (χ3n) is 7.76. The lowest BCUT2D eigenvalue weighted by Crippen LogP contribution is -2.45. The number of nitrogens with zero attached hydrogens (tertiary/aromatic N) is 1. The van der Waals surface area contributed by atoms with Gasteiger partial charge < -0.3 is 14.3 Å². The van der Waals surface area contributed by atoms with E-state index in [0.717, 1.165) is 41.2 Å². The minimum absolute atomic E-state index is 0.383. The molecule has 0 aliphatic heterocycles. The number of aryl methyl sites for hydroxylation is 3. The molecular weight excluding hydrogens is 414 g/mol. The van der Waals surface area contributed by atoms with Crippen molar-refractivity contribution >= 4 is 5.97 Å². The van der Waals surface area contributed by atoms with E-state index >= 15 is 0 Å². The molecule has 0 spiro atoms. The molecule has 1 heterocycles. The maximum atomic E-state index is 12.1. The Morgan fingerprint density at radius 1 is 1.21 bits per heavy atom. The lowest BCUT2D eigenvalue weighted by molar-refractivity contribution is -0.152. The van der Waals surface area contributed by atoms with E-state index in [4.69, 9.17) is 9.15 Å². The van der Waals surface area contributed by atoms with Gasteiger partial charge in [-0.05, 0) is 75.4 Å². The fraction of sp³-hybridized carbons (Fsp3) is 0.429. The van der Waals surface area contributed by atoms with Gasteiger partial charge in [0.15, 0.2) is 0 Å². The number of benzene rings is 2. The van der Waals surface area contributed by atoms with Crippen LogP contribution in [-0.4, -0.2) is 22.7 Å². The van der Waals surface area contributed by atoms with Crippen LogP contribution in [0.4, 0.5) is 0 Å². The van der Waals surface area contributed by atoms with Crippen LogP contribution >= 0.6 is 0 Å². The van der Waals surface area contributed by atoms with E-state index in [0.29, 0.717) is 25.3 Å². The topological polar surface area (TPSA) is 72.6 Å². The van der Waals surface area contributed by atoms with Crippen LogP contribution in [0.2, 0.25) is 0 Å². The number of aromatic nitrogens is 1. The number of hydrogen-bond acceptors (Lipinski definition) is 4. The van der Waals surface area contributed by atoms with Gasteiger partial charge in [-0.15, -0.1) is 0 Å².